The monoisotopic (exact) mass is 386 g/mol. The molecule has 0 aliphatic rings. The Labute approximate surface area is 159 Å². The average Bonchev–Trinajstić information content (AvgIpc) is 2.66. The van der Waals surface area contributed by atoms with Crippen LogP contribution in [0.3, 0.4) is 0 Å². The highest BCUT2D eigenvalue weighted by Gasteiger charge is 2.17. The highest BCUT2D eigenvalue weighted by Crippen LogP contribution is 2.31. The summed E-state index contributed by atoms with van der Waals surface area (Å²) in [6, 6.07) is 9.32. The number of carboxylic acid groups (broad SMARTS) is 1. The van der Waals surface area contributed by atoms with Crippen LogP contribution in [0.5, 0.6) is 11.5 Å². The Morgan fingerprint density at radius 3 is 2.48 bits per heavy atom. The van der Waals surface area contributed by atoms with E-state index in [9.17, 15) is 9.59 Å². The van der Waals surface area contributed by atoms with Gasteiger partial charge in [-0.15, -0.1) is 0 Å². The molecule has 3 aromatic rings. The largest absolute Gasteiger partial charge is 0.493 e. The highest BCUT2D eigenvalue weighted by molar-refractivity contribution is 7.71. The Balaban J connectivity index is 2.16. The van der Waals surface area contributed by atoms with Crippen LogP contribution >= 0.6 is 12.2 Å². The van der Waals surface area contributed by atoms with Crippen molar-refractivity contribution in [2.75, 3.05) is 14.2 Å². The van der Waals surface area contributed by atoms with Gasteiger partial charge in [0.25, 0.3) is 5.56 Å². The number of ether oxygens (including phenoxy) is 2. The second-order valence-electron chi connectivity index (χ2n) is 5.96. The highest BCUT2D eigenvalue weighted by atomic mass is 32.1. The summed E-state index contributed by atoms with van der Waals surface area (Å²) in [4.78, 5) is 27.1. The number of hydrogen-bond donors (Lipinski definition) is 2. The molecule has 0 saturated heterocycles. The van der Waals surface area contributed by atoms with Crippen molar-refractivity contribution in [3.63, 3.8) is 0 Å². The van der Waals surface area contributed by atoms with E-state index < -0.39 is 5.97 Å². The van der Waals surface area contributed by atoms with Crippen LogP contribution in [0.4, 0.5) is 0 Å². The molecule has 140 valence electrons. The molecule has 0 fully saturated rings. The third kappa shape index (κ3) is 3.31. The van der Waals surface area contributed by atoms with Crippen molar-refractivity contribution in [2.24, 2.45) is 0 Å². The summed E-state index contributed by atoms with van der Waals surface area (Å²) in [5.41, 5.74) is 0.989. The number of aromatic nitrogens is 2. The third-order valence-corrected chi connectivity index (χ3v) is 4.75. The van der Waals surface area contributed by atoms with E-state index >= 15 is 0 Å². The standard InChI is InChI=1S/C19H18N2O5S/c1-10(11-5-7-15(25-2)16(9-11)26-3)21-17(22)13-6-4-12(18(23)24)8-14(13)20-19(21)27/h4-10H,1-3H3,(H,20,27)(H,23,24). The molecule has 1 heterocycles. The Hall–Kier alpha value is -3.13. The van der Waals surface area contributed by atoms with Gasteiger partial charge in [0.15, 0.2) is 16.3 Å². The smallest absolute Gasteiger partial charge is 0.335 e. The van der Waals surface area contributed by atoms with Gasteiger partial charge in [-0.2, -0.15) is 0 Å². The molecule has 0 bridgehead atoms. The molecule has 1 unspecified atom stereocenters. The summed E-state index contributed by atoms with van der Waals surface area (Å²) < 4.78 is 12.2. The zero-order valence-electron chi connectivity index (χ0n) is 15.0. The van der Waals surface area contributed by atoms with E-state index in [1.807, 2.05) is 13.0 Å². The number of carboxylic acids is 1. The lowest BCUT2D eigenvalue weighted by molar-refractivity contribution is 0.0697. The van der Waals surface area contributed by atoms with Gasteiger partial charge in [0, 0.05) is 0 Å². The molecule has 3 rings (SSSR count). The maximum absolute atomic E-state index is 13.0. The van der Waals surface area contributed by atoms with Gasteiger partial charge in [-0.05, 0) is 55.0 Å². The molecule has 0 saturated carbocycles. The first kappa shape index (κ1) is 18.7. The van der Waals surface area contributed by atoms with Gasteiger partial charge in [0.05, 0.1) is 36.7 Å². The fraction of sp³-hybridized carbons (Fsp3) is 0.211. The number of nitrogens with one attached hydrogen (secondary N) is 1. The van der Waals surface area contributed by atoms with Gasteiger partial charge in [-0.1, -0.05) is 6.07 Å². The molecule has 0 aliphatic carbocycles. The molecule has 7 nitrogen and oxygen atoms in total. The van der Waals surface area contributed by atoms with Crippen LogP contribution in [0.25, 0.3) is 10.9 Å². The summed E-state index contributed by atoms with van der Waals surface area (Å²) in [5, 5.41) is 9.48. The van der Waals surface area contributed by atoms with Gasteiger partial charge in [0.2, 0.25) is 0 Å². The van der Waals surface area contributed by atoms with Crippen molar-refractivity contribution in [1.82, 2.24) is 9.55 Å². The minimum absolute atomic E-state index is 0.0817. The molecule has 8 heteroatoms. The minimum Gasteiger partial charge on any atom is -0.493 e. The van der Waals surface area contributed by atoms with E-state index in [0.717, 1.165) is 5.56 Å². The molecule has 0 spiro atoms. The molecular formula is C19H18N2O5S. The number of rotatable bonds is 5. The minimum atomic E-state index is -1.07. The Kier molecular flexibility index (Phi) is 5.00. The second kappa shape index (κ2) is 7.24. The Morgan fingerprint density at radius 1 is 1.15 bits per heavy atom. The van der Waals surface area contributed by atoms with Crippen molar-refractivity contribution in [3.8, 4) is 11.5 Å². The second-order valence-corrected chi connectivity index (χ2v) is 6.35. The molecule has 1 atom stereocenters. The topological polar surface area (TPSA) is 93.5 Å². The number of methoxy groups -OCH3 is 2. The van der Waals surface area contributed by atoms with Gasteiger partial charge in [-0.25, -0.2) is 4.79 Å². The first-order valence-electron chi connectivity index (χ1n) is 8.11. The van der Waals surface area contributed by atoms with Crippen molar-refractivity contribution in [3.05, 3.63) is 62.6 Å². The zero-order chi connectivity index (χ0) is 19.7. The summed E-state index contributed by atoms with van der Waals surface area (Å²) >= 11 is 5.37. The summed E-state index contributed by atoms with van der Waals surface area (Å²) in [6.07, 6.45) is 0. The maximum Gasteiger partial charge on any atom is 0.335 e. The van der Waals surface area contributed by atoms with Crippen LogP contribution in [-0.2, 0) is 0 Å². The van der Waals surface area contributed by atoms with E-state index in [0.29, 0.717) is 22.4 Å². The number of aromatic carboxylic acids is 1. The lowest BCUT2D eigenvalue weighted by atomic mass is 10.1. The number of aromatic amines is 1. The maximum atomic E-state index is 13.0. The molecule has 0 aliphatic heterocycles. The number of H-pyrrole nitrogens is 1. The molecular weight excluding hydrogens is 368 g/mol. The molecule has 2 N–H and O–H groups in total. The predicted octanol–water partition coefficient (Wildman–Crippen LogP) is 3.38. The van der Waals surface area contributed by atoms with Crippen molar-refractivity contribution < 1.29 is 19.4 Å². The molecule has 0 radical (unpaired) electrons. The van der Waals surface area contributed by atoms with Crippen LogP contribution in [0.1, 0.15) is 28.9 Å². The predicted molar refractivity (Wildman–Crippen MR) is 104 cm³/mol. The van der Waals surface area contributed by atoms with E-state index in [2.05, 4.69) is 4.98 Å². The average molecular weight is 386 g/mol. The van der Waals surface area contributed by atoms with Gasteiger partial charge in [0.1, 0.15) is 0 Å². The fourth-order valence-corrected chi connectivity index (χ4v) is 3.33. The van der Waals surface area contributed by atoms with Crippen LogP contribution < -0.4 is 15.0 Å². The van der Waals surface area contributed by atoms with Crippen LogP contribution in [-0.4, -0.2) is 34.8 Å². The Morgan fingerprint density at radius 2 is 1.85 bits per heavy atom. The number of fused-ring (bicyclic) bond motifs is 1. The number of nitrogens with zero attached hydrogens (tertiary/aromatic N) is 1. The molecule has 2 aromatic carbocycles. The van der Waals surface area contributed by atoms with Crippen molar-refractivity contribution >= 4 is 29.1 Å². The van der Waals surface area contributed by atoms with Crippen molar-refractivity contribution in [2.45, 2.75) is 13.0 Å². The quantitative estimate of drug-likeness (QED) is 0.653. The van der Waals surface area contributed by atoms with Crippen molar-refractivity contribution in [1.29, 1.82) is 0 Å². The number of benzene rings is 2. The lowest BCUT2D eigenvalue weighted by Gasteiger charge is -2.18. The third-order valence-electron chi connectivity index (χ3n) is 4.45. The number of carbonyl (C=O) groups is 1. The first-order chi connectivity index (χ1) is 12.9. The van der Waals surface area contributed by atoms with Gasteiger partial charge >= 0.3 is 5.97 Å². The normalized spacial score (nSPS) is 12.0. The summed E-state index contributed by atoms with van der Waals surface area (Å²) in [5.74, 6) is 0.0708. The van der Waals surface area contributed by atoms with E-state index in [1.54, 1.807) is 26.4 Å². The molecule has 1 aromatic heterocycles. The summed E-state index contributed by atoms with van der Waals surface area (Å²) in [6.45, 7) is 1.85. The van der Waals surface area contributed by atoms with E-state index in [1.165, 1.54) is 22.8 Å². The van der Waals surface area contributed by atoms with Crippen LogP contribution in [0, 0.1) is 4.77 Å². The summed E-state index contributed by atoms with van der Waals surface area (Å²) in [7, 11) is 3.09. The molecule has 0 amide bonds. The lowest BCUT2D eigenvalue weighted by Crippen LogP contribution is -2.26. The van der Waals surface area contributed by atoms with E-state index in [4.69, 9.17) is 26.8 Å². The molecule has 27 heavy (non-hydrogen) atoms. The van der Waals surface area contributed by atoms with Crippen LogP contribution in [0.2, 0.25) is 0 Å². The fourth-order valence-electron chi connectivity index (χ4n) is 2.98. The Bertz CT molecular complexity index is 1150. The number of hydrogen-bond acceptors (Lipinski definition) is 5. The van der Waals surface area contributed by atoms with Crippen LogP contribution in [0.15, 0.2) is 41.2 Å². The van der Waals surface area contributed by atoms with E-state index in [-0.39, 0.29) is 21.9 Å². The first-order valence-corrected chi connectivity index (χ1v) is 8.52. The van der Waals surface area contributed by atoms with Gasteiger partial charge in [-0.3, -0.25) is 9.36 Å². The zero-order valence-corrected chi connectivity index (χ0v) is 15.8. The SMILES string of the molecule is COc1ccc(C(C)n2c(=S)[nH]c3cc(C(=O)O)ccc3c2=O)cc1OC. The van der Waals surface area contributed by atoms with Gasteiger partial charge < -0.3 is 19.6 Å².